The van der Waals surface area contributed by atoms with Gasteiger partial charge in [-0.25, -0.2) is 11.6 Å². The van der Waals surface area contributed by atoms with Gasteiger partial charge in [-0.05, 0) is 61.7 Å². The summed E-state index contributed by atoms with van der Waals surface area (Å²) in [7, 11) is 0. The fourth-order valence-corrected chi connectivity index (χ4v) is 7.11. The topological polar surface area (TPSA) is 0 Å². The van der Waals surface area contributed by atoms with E-state index in [1.807, 2.05) is 0 Å². The van der Waals surface area contributed by atoms with Crippen molar-refractivity contribution in [2.75, 3.05) is 0 Å². The van der Waals surface area contributed by atoms with E-state index < -0.39 is 0 Å². The molecule has 0 N–H and O–H groups in total. The number of rotatable bonds is 1. The van der Waals surface area contributed by atoms with Crippen LogP contribution in [0.4, 0.5) is 0 Å². The first-order valence-electron chi connectivity index (χ1n) is 12.4. The van der Waals surface area contributed by atoms with Crippen LogP contribution < -0.4 is 24.8 Å². The Morgan fingerprint density at radius 3 is 1.68 bits per heavy atom. The van der Waals surface area contributed by atoms with Crippen molar-refractivity contribution < 1.29 is 49.0 Å². The van der Waals surface area contributed by atoms with Gasteiger partial charge in [-0.3, -0.25) is 6.08 Å². The number of benzene rings is 2. The first-order chi connectivity index (χ1) is 15.5. The van der Waals surface area contributed by atoms with Gasteiger partial charge in [-0.1, -0.05) is 36.4 Å². The maximum Gasteiger partial charge on any atom is -0.0373 e. The molecule has 178 valence electrons. The first kappa shape index (κ1) is 27.7. The maximum atomic E-state index is 3.62. The van der Waals surface area contributed by atoms with Crippen molar-refractivity contribution in [1.82, 2.24) is 0 Å². The van der Waals surface area contributed by atoms with Crippen LogP contribution >= 0.6 is 0 Å². The van der Waals surface area contributed by atoms with Crippen LogP contribution in [0.3, 0.4) is 0 Å². The molecule has 4 fully saturated rings. The summed E-state index contributed by atoms with van der Waals surface area (Å²) in [5.41, 5.74) is 2.20. The van der Waals surface area contributed by atoms with E-state index in [2.05, 4.69) is 86.7 Å². The Morgan fingerprint density at radius 2 is 1.26 bits per heavy atom. The number of hydrogen-bond donors (Lipinski definition) is 0. The van der Waals surface area contributed by atoms with Crippen molar-refractivity contribution in [3.05, 3.63) is 78.4 Å². The normalized spacial score (nSPS) is 27.6. The summed E-state index contributed by atoms with van der Waals surface area (Å²) in [6.45, 7) is 4.25. The molecule has 0 aromatic heterocycles. The molecule has 0 atom stereocenters. The molecule has 8 rings (SSSR count). The fraction of sp³-hybridized carbons (Fsp3) is 0.419. The van der Waals surface area contributed by atoms with Crippen molar-refractivity contribution in [2.24, 2.45) is 23.2 Å². The summed E-state index contributed by atoms with van der Waals surface area (Å²) in [5.74, 6) is 3.21. The summed E-state index contributed by atoms with van der Waals surface area (Å²) in [6, 6.07) is 19.3. The molecule has 5 aliphatic rings. The standard InChI is InChI=1S/C15H19.C13H9.C3H6.2ClH.Zr/c1-2-4-14(3-1)15-8-11-5-12(9-15)7-13(6-11)10-15;1-3-7-12-10(5-1)9-11-6-2-4-8-13(11)12;1-3-2;;;/h1,3,11-13H,2,5-10H2;1-9H;1-2H3;2*1H;/q2*-1;;;;+2/p-2. The van der Waals surface area contributed by atoms with E-state index in [1.54, 1.807) is 49.1 Å². The van der Waals surface area contributed by atoms with Gasteiger partial charge >= 0.3 is 41.3 Å². The summed E-state index contributed by atoms with van der Waals surface area (Å²) < 4.78 is 1.51. The van der Waals surface area contributed by atoms with Crippen LogP contribution in [0, 0.1) is 29.2 Å². The Kier molecular flexibility index (Phi) is 9.70. The molecule has 0 amide bonds. The van der Waals surface area contributed by atoms with Crippen LogP contribution in [0.2, 0.25) is 0 Å². The second-order valence-corrected chi connectivity index (χ2v) is 13.2. The van der Waals surface area contributed by atoms with Crippen molar-refractivity contribution >= 4 is 24.8 Å². The van der Waals surface area contributed by atoms with Crippen LogP contribution in [0.1, 0.15) is 58.8 Å². The van der Waals surface area contributed by atoms with Crippen LogP contribution in [0.15, 0.2) is 72.3 Å². The second-order valence-electron chi connectivity index (χ2n) is 10.7. The zero-order valence-electron chi connectivity index (χ0n) is 20.3. The maximum absolute atomic E-state index is 3.62. The van der Waals surface area contributed by atoms with Gasteiger partial charge in [-0.15, -0.1) is 46.2 Å². The molecule has 3 aromatic carbocycles. The largest absolute Gasteiger partial charge is 1.00 e. The second kappa shape index (κ2) is 11.9. The number of hydrogen-bond acceptors (Lipinski definition) is 0. The number of halogens is 2. The molecule has 0 saturated heterocycles. The van der Waals surface area contributed by atoms with Gasteiger partial charge in [-0.2, -0.15) is 6.08 Å². The van der Waals surface area contributed by atoms with E-state index in [-0.39, 0.29) is 24.8 Å². The SMILES string of the molecule is C[C](C)=[Zr+2].[C-]1=C(C23CC4CC(CC(C4)C2)C3)C=CC1.[Cl-].[Cl-].c1ccc2c(c1)[cH-]c1ccccc12. The minimum absolute atomic E-state index is 0. The molecule has 3 heteroatoms. The molecule has 4 saturated carbocycles. The van der Waals surface area contributed by atoms with E-state index in [0.717, 1.165) is 24.2 Å². The Balaban J connectivity index is 0.000000159. The van der Waals surface area contributed by atoms with Crippen LogP contribution in [0.25, 0.3) is 21.5 Å². The van der Waals surface area contributed by atoms with Crippen LogP contribution in [-0.2, 0) is 24.2 Å². The molecule has 0 unspecified atom stereocenters. The minimum Gasteiger partial charge on any atom is -1.00 e. The van der Waals surface area contributed by atoms with Crippen molar-refractivity contribution in [2.45, 2.75) is 58.8 Å². The zero-order valence-corrected chi connectivity index (χ0v) is 24.3. The van der Waals surface area contributed by atoms with E-state index in [4.69, 9.17) is 0 Å². The molecule has 3 aromatic rings. The van der Waals surface area contributed by atoms with Gasteiger partial charge in [0.25, 0.3) is 0 Å². The molecule has 0 spiro atoms. The average Bonchev–Trinajstić information content (AvgIpc) is 3.42. The average molecular weight is 569 g/mol. The molecule has 0 heterocycles. The molecule has 34 heavy (non-hydrogen) atoms. The monoisotopic (exact) mass is 566 g/mol. The predicted molar refractivity (Wildman–Crippen MR) is 135 cm³/mol. The van der Waals surface area contributed by atoms with Gasteiger partial charge in [0.1, 0.15) is 0 Å². The summed E-state index contributed by atoms with van der Waals surface area (Å²) in [4.78, 5) is 0. The van der Waals surface area contributed by atoms with Gasteiger partial charge in [0.2, 0.25) is 0 Å². The number of fused-ring (bicyclic) bond motifs is 3. The molecule has 4 bridgehead atoms. The third-order valence-electron chi connectivity index (χ3n) is 7.83. The smallest absolute Gasteiger partial charge is 0.0373 e. The fourth-order valence-electron chi connectivity index (χ4n) is 7.11. The Hall–Kier alpha value is -0.877. The van der Waals surface area contributed by atoms with Gasteiger partial charge in [0, 0.05) is 0 Å². The van der Waals surface area contributed by atoms with Gasteiger partial charge in [0.15, 0.2) is 0 Å². The first-order valence-corrected chi connectivity index (χ1v) is 13.6. The quantitative estimate of drug-likeness (QED) is 0.396. The van der Waals surface area contributed by atoms with Crippen molar-refractivity contribution in [3.8, 4) is 0 Å². The molecular formula is C31H34Cl2Zr-2. The van der Waals surface area contributed by atoms with Gasteiger partial charge in [0.05, 0.1) is 0 Å². The molecule has 0 radical (unpaired) electrons. The van der Waals surface area contributed by atoms with Gasteiger partial charge < -0.3 is 24.8 Å². The Bertz CT molecular complexity index is 1090. The Labute approximate surface area is 232 Å². The minimum atomic E-state index is 0. The van der Waals surface area contributed by atoms with E-state index in [0.29, 0.717) is 5.41 Å². The molecule has 0 nitrogen and oxygen atoms in total. The summed E-state index contributed by atoms with van der Waals surface area (Å²) in [6.07, 6.45) is 18.5. The van der Waals surface area contributed by atoms with Crippen LogP contribution in [-0.4, -0.2) is 3.21 Å². The molecular weight excluding hydrogens is 534 g/mol. The zero-order chi connectivity index (χ0) is 22.1. The molecule has 5 aliphatic carbocycles. The number of allylic oxidation sites excluding steroid dienone is 4. The summed E-state index contributed by atoms with van der Waals surface area (Å²) in [5, 5.41) is 5.39. The van der Waals surface area contributed by atoms with E-state index >= 15 is 0 Å². The molecule has 0 aliphatic heterocycles. The summed E-state index contributed by atoms with van der Waals surface area (Å²) >= 11 is 1.55. The van der Waals surface area contributed by atoms with E-state index in [1.165, 1.54) is 44.0 Å². The third-order valence-corrected chi connectivity index (χ3v) is 7.83. The predicted octanol–water partition coefficient (Wildman–Crippen LogP) is 2.36. The van der Waals surface area contributed by atoms with Crippen molar-refractivity contribution in [1.29, 1.82) is 0 Å². The van der Waals surface area contributed by atoms with Crippen LogP contribution in [0.5, 0.6) is 0 Å². The Morgan fingerprint density at radius 1 is 0.824 bits per heavy atom. The van der Waals surface area contributed by atoms with E-state index in [9.17, 15) is 0 Å². The van der Waals surface area contributed by atoms with Crippen molar-refractivity contribution in [3.63, 3.8) is 0 Å². The third kappa shape index (κ3) is 5.91.